The van der Waals surface area contributed by atoms with Crippen LogP contribution in [0.5, 0.6) is 5.75 Å². The molecule has 0 aliphatic carbocycles. The molecule has 0 saturated carbocycles. The van der Waals surface area contributed by atoms with Gasteiger partial charge in [0, 0.05) is 13.1 Å². The topological polar surface area (TPSA) is 89.7 Å². The van der Waals surface area contributed by atoms with E-state index in [9.17, 15) is 13.2 Å². The predicted octanol–water partition coefficient (Wildman–Crippen LogP) is 0.765. The standard InChI is InChI=1S/C15H22N2O4S/c1-21-14-6-2-4-12(8-14)9-15(18)17-7-3-5-13(10-17)11-22(16,19)20/h2,4,6,8,13H,3,5,7,9-11H2,1H3,(H2,16,19,20). The largest absolute Gasteiger partial charge is 0.497 e. The molecule has 1 saturated heterocycles. The number of ether oxygens (including phenoxy) is 1. The molecular formula is C15H22N2O4S. The third-order valence-electron chi connectivity index (χ3n) is 3.83. The number of rotatable bonds is 5. The van der Waals surface area contributed by atoms with Crippen LogP contribution >= 0.6 is 0 Å². The number of hydrogen-bond donors (Lipinski definition) is 1. The highest BCUT2D eigenvalue weighted by molar-refractivity contribution is 7.89. The molecule has 2 rings (SSSR count). The number of nitrogens with two attached hydrogens (primary N) is 1. The zero-order valence-corrected chi connectivity index (χ0v) is 13.5. The van der Waals surface area contributed by atoms with Crippen molar-refractivity contribution in [3.63, 3.8) is 0 Å². The van der Waals surface area contributed by atoms with Crippen molar-refractivity contribution in [2.45, 2.75) is 19.3 Å². The van der Waals surface area contributed by atoms with Gasteiger partial charge in [-0.2, -0.15) is 0 Å². The third-order valence-corrected chi connectivity index (χ3v) is 4.77. The lowest BCUT2D eigenvalue weighted by Crippen LogP contribution is -2.43. The zero-order chi connectivity index (χ0) is 16.2. The van der Waals surface area contributed by atoms with E-state index < -0.39 is 10.0 Å². The molecule has 0 bridgehead atoms. The van der Waals surface area contributed by atoms with Gasteiger partial charge in [0.25, 0.3) is 0 Å². The average Bonchev–Trinajstić information content (AvgIpc) is 2.46. The van der Waals surface area contributed by atoms with E-state index in [2.05, 4.69) is 0 Å². The van der Waals surface area contributed by atoms with Crippen LogP contribution < -0.4 is 9.88 Å². The summed E-state index contributed by atoms with van der Waals surface area (Å²) in [6, 6.07) is 7.40. The molecule has 0 spiro atoms. The van der Waals surface area contributed by atoms with Crippen molar-refractivity contribution in [2.24, 2.45) is 11.1 Å². The smallest absolute Gasteiger partial charge is 0.227 e. The summed E-state index contributed by atoms with van der Waals surface area (Å²) >= 11 is 0. The number of piperidine rings is 1. The van der Waals surface area contributed by atoms with Gasteiger partial charge in [0.05, 0.1) is 19.3 Å². The van der Waals surface area contributed by atoms with Gasteiger partial charge in [-0.3, -0.25) is 4.79 Å². The van der Waals surface area contributed by atoms with Crippen LogP contribution in [0.1, 0.15) is 18.4 Å². The minimum atomic E-state index is -3.50. The molecule has 1 unspecified atom stereocenters. The van der Waals surface area contributed by atoms with Gasteiger partial charge in [-0.25, -0.2) is 13.6 Å². The Morgan fingerprint density at radius 2 is 2.23 bits per heavy atom. The Morgan fingerprint density at radius 3 is 2.91 bits per heavy atom. The minimum absolute atomic E-state index is 0.00683. The molecule has 122 valence electrons. The fourth-order valence-electron chi connectivity index (χ4n) is 2.83. The predicted molar refractivity (Wildman–Crippen MR) is 84.0 cm³/mol. The van der Waals surface area contributed by atoms with Crippen LogP contribution in [-0.4, -0.2) is 45.2 Å². The van der Waals surface area contributed by atoms with Crippen LogP contribution in [0.4, 0.5) is 0 Å². The van der Waals surface area contributed by atoms with Crippen molar-refractivity contribution in [1.29, 1.82) is 0 Å². The minimum Gasteiger partial charge on any atom is -0.497 e. The van der Waals surface area contributed by atoms with Crippen molar-refractivity contribution in [2.75, 3.05) is 26.0 Å². The van der Waals surface area contributed by atoms with E-state index in [4.69, 9.17) is 9.88 Å². The number of carbonyl (C=O) groups is 1. The van der Waals surface area contributed by atoms with Crippen LogP contribution in [0, 0.1) is 5.92 Å². The maximum absolute atomic E-state index is 12.4. The Bertz CT molecular complexity index is 630. The molecule has 1 atom stereocenters. The highest BCUT2D eigenvalue weighted by Gasteiger charge is 2.26. The number of carbonyl (C=O) groups excluding carboxylic acids is 1. The fourth-order valence-corrected chi connectivity index (χ4v) is 3.75. The molecule has 0 aromatic heterocycles. The molecule has 6 nitrogen and oxygen atoms in total. The van der Waals surface area contributed by atoms with Gasteiger partial charge in [-0.05, 0) is 36.5 Å². The molecule has 1 aliphatic rings. The van der Waals surface area contributed by atoms with E-state index in [-0.39, 0.29) is 17.6 Å². The van der Waals surface area contributed by atoms with Crippen molar-refractivity contribution in [1.82, 2.24) is 4.90 Å². The van der Waals surface area contributed by atoms with Gasteiger partial charge in [-0.1, -0.05) is 12.1 Å². The van der Waals surface area contributed by atoms with Crippen molar-refractivity contribution < 1.29 is 17.9 Å². The van der Waals surface area contributed by atoms with Crippen LogP contribution in [0.2, 0.25) is 0 Å². The summed E-state index contributed by atoms with van der Waals surface area (Å²) in [5.41, 5.74) is 0.887. The van der Waals surface area contributed by atoms with Crippen molar-refractivity contribution >= 4 is 15.9 Å². The molecule has 1 heterocycles. The maximum atomic E-state index is 12.4. The summed E-state index contributed by atoms with van der Waals surface area (Å²) in [6.45, 7) is 1.13. The number of sulfonamides is 1. The monoisotopic (exact) mass is 326 g/mol. The quantitative estimate of drug-likeness (QED) is 0.865. The summed E-state index contributed by atoms with van der Waals surface area (Å²) in [7, 11) is -1.91. The van der Waals surface area contributed by atoms with Gasteiger partial charge in [0.2, 0.25) is 15.9 Å². The SMILES string of the molecule is COc1cccc(CC(=O)N2CCCC(CS(N)(=O)=O)C2)c1. The average molecular weight is 326 g/mol. The first-order chi connectivity index (χ1) is 10.4. The van der Waals surface area contributed by atoms with Gasteiger partial charge in [0.15, 0.2) is 0 Å². The maximum Gasteiger partial charge on any atom is 0.227 e. The van der Waals surface area contributed by atoms with Crippen LogP contribution in [0.3, 0.4) is 0 Å². The fraction of sp³-hybridized carbons (Fsp3) is 0.533. The van der Waals surface area contributed by atoms with E-state index >= 15 is 0 Å². The Kier molecular flexibility index (Phi) is 5.42. The second kappa shape index (κ2) is 7.11. The molecule has 1 aromatic rings. The summed E-state index contributed by atoms with van der Waals surface area (Å²) in [5.74, 6) is 0.595. The molecule has 1 amide bonds. The summed E-state index contributed by atoms with van der Waals surface area (Å²) in [5, 5.41) is 5.10. The number of hydrogen-bond acceptors (Lipinski definition) is 4. The molecule has 0 radical (unpaired) electrons. The number of likely N-dealkylation sites (tertiary alicyclic amines) is 1. The molecule has 22 heavy (non-hydrogen) atoms. The lowest BCUT2D eigenvalue weighted by atomic mass is 9.99. The number of amides is 1. The Balaban J connectivity index is 1.96. The second-order valence-electron chi connectivity index (χ2n) is 5.71. The van der Waals surface area contributed by atoms with E-state index in [0.717, 1.165) is 24.2 Å². The molecule has 2 N–H and O–H groups in total. The number of primary sulfonamides is 1. The Hall–Kier alpha value is -1.60. The van der Waals surface area contributed by atoms with Crippen molar-refractivity contribution in [3.05, 3.63) is 29.8 Å². The first-order valence-electron chi connectivity index (χ1n) is 7.28. The van der Waals surface area contributed by atoms with E-state index in [1.54, 1.807) is 12.0 Å². The van der Waals surface area contributed by atoms with Crippen LogP contribution in [0.25, 0.3) is 0 Å². The first kappa shape index (κ1) is 16.8. The summed E-state index contributed by atoms with van der Waals surface area (Å²) < 4.78 is 27.5. The lowest BCUT2D eigenvalue weighted by Gasteiger charge is -2.32. The number of nitrogens with zero attached hydrogens (tertiary/aromatic N) is 1. The molecule has 1 fully saturated rings. The first-order valence-corrected chi connectivity index (χ1v) is 9.00. The Morgan fingerprint density at radius 1 is 1.45 bits per heavy atom. The van der Waals surface area contributed by atoms with Crippen LogP contribution in [-0.2, 0) is 21.2 Å². The Labute approximate surface area is 131 Å². The second-order valence-corrected chi connectivity index (χ2v) is 7.36. The molecular weight excluding hydrogens is 304 g/mol. The van der Waals surface area contributed by atoms with Gasteiger partial charge in [0.1, 0.15) is 5.75 Å². The summed E-state index contributed by atoms with van der Waals surface area (Å²) in [6.07, 6.45) is 1.89. The normalized spacial score (nSPS) is 19.0. The van der Waals surface area contributed by atoms with E-state index in [1.165, 1.54) is 0 Å². The highest BCUT2D eigenvalue weighted by atomic mass is 32.2. The highest BCUT2D eigenvalue weighted by Crippen LogP contribution is 2.19. The van der Waals surface area contributed by atoms with Gasteiger partial charge >= 0.3 is 0 Å². The van der Waals surface area contributed by atoms with E-state index in [1.807, 2.05) is 24.3 Å². The summed E-state index contributed by atoms with van der Waals surface area (Å²) in [4.78, 5) is 14.1. The van der Waals surface area contributed by atoms with Crippen LogP contribution in [0.15, 0.2) is 24.3 Å². The van der Waals surface area contributed by atoms with Gasteiger partial charge < -0.3 is 9.64 Å². The molecule has 1 aliphatic heterocycles. The number of benzene rings is 1. The zero-order valence-electron chi connectivity index (χ0n) is 12.7. The lowest BCUT2D eigenvalue weighted by molar-refractivity contribution is -0.132. The van der Waals surface area contributed by atoms with Gasteiger partial charge in [-0.15, -0.1) is 0 Å². The molecule has 1 aromatic carbocycles. The van der Waals surface area contributed by atoms with E-state index in [0.29, 0.717) is 19.5 Å². The molecule has 7 heteroatoms. The van der Waals surface area contributed by atoms with Crippen molar-refractivity contribution in [3.8, 4) is 5.75 Å². The number of methoxy groups -OCH3 is 1. The third kappa shape index (κ3) is 4.99.